The lowest BCUT2D eigenvalue weighted by atomic mass is 10.2. The van der Waals surface area contributed by atoms with Crippen LogP contribution in [-0.2, 0) is 4.74 Å². The molecule has 0 unspecified atom stereocenters. The van der Waals surface area contributed by atoms with Crippen LogP contribution in [0.25, 0.3) is 0 Å². The molecule has 1 saturated heterocycles. The Morgan fingerprint density at radius 1 is 1.65 bits per heavy atom. The van der Waals surface area contributed by atoms with Gasteiger partial charge in [0.1, 0.15) is 6.23 Å². The Bertz CT molecular complexity index is 558. The van der Waals surface area contributed by atoms with Gasteiger partial charge in [-0.3, -0.25) is 4.57 Å². The molecule has 1 aromatic heterocycles. The number of aliphatic imine (C=N–C) groups is 1. The van der Waals surface area contributed by atoms with Crippen LogP contribution in [0.15, 0.2) is 16.0 Å². The number of aromatic nitrogens is 2. The summed E-state index contributed by atoms with van der Waals surface area (Å²) in [5.74, 6) is -0.949. The Hall–Kier alpha value is -1.80. The average Bonchev–Trinajstić information content (AvgIpc) is 2.87. The Balaban J connectivity index is 2.25. The quantitative estimate of drug-likeness (QED) is 0.634. The predicted molar refractivity (Wildman–Crippen MR) is 70.5 cm³/mol. The largest absolute Gasteiger partial charge is 0.394 e. The van der Waals surface area contributed by atoms with Gasteiger partial charge < -0.3 is 14.7 Å². The van der Waals surface area contributed by atoms with Gasteiger partial charge in [0.05, 0.1) is 25.2 Å². The molecular formula is C12H17FN4O3. The summed E-state index contributed by atoms with van der Waals surface area (Å²) >= 11 is 0. The fourth-order valence-corrected chi connectivity index (χ4v) is 1.93. The van der Waals surface area contributed by atoms with Crippen molar-refractivity contribution in [2.24, 2.45) is 4.99 Å². The SMILES string of the molecule is CN(C)C=Nc1nc(=O)n([C@H]2CC[C@H](CO)O2)cc1F. The monoisotopic (exact) mass is 284 g/mol. The van der Waals surface area contributed by atoms with Crippen LogP contribution < -0.4 is 5.69 Å². The Morgan fingerprint density at radius 2 is 2.40 bits per heavy atom. The molecule has 1 N–H and O–H groups in total. The Labute approximate surface area is 115 Å². The second-order valence-electron chi connectivity index (χ2n) is 4.78. The normalized spacial score (nSPS) is 22.6. The molecule has 2 heterocycles. The topological polar surface area (TPSA) is 80.0 Å². The molecule has 0 aliphatic carbocycles. The van der Waals surface area contributed by atoms with Crippen molar-refractivity contribution in [1.29, 1.82) is 0 Å². The van der Waals surface area contributed by atoms with Gasteiger partial charge in [0, 0.05) is 14.1 Å². The van der Waals surface area contributed by atoms with Crippen LogP contribution in [-0.4, -0.2) is 52.7 Å². The van der Waals surface area contributed by atoms with E-state index >= 15 is 0 Å². The summed E-state index contributed by atoms with van der Waals surface area (Å²) in [6, 6.07) is 0. The van der Waals surface area contributed by atoms with E-state index in [1.165, 1.54) is 6.34 Å². The van der Waals surface area contributed by atoms with E-state index in [1.54, 1.807) is 19.0 Å². The third kappa shape index (κ3) is 3.20. The van der Waals surface area contributed by atoms with Gasteiger partial charge in [0.15, 0.2) is 11.6 Å². The highest BCUT2D eigenvalue weighted by Crippen LogP contribution is 2.27. The zero-order valence-corrected chi connectivity index (χ0v) is 11.4. The van der Waals surface area contributed by atoms with Crippen molar-refractivity contribution in [3.63, 3.8) is 0 Å². The molecule has 110 valence electrons. The summed E-state index contributed by atoms with van der Waals surface area (Å²) < 4.78 is 20.4. The molecular weight excluding hydrogens is 267 g/mol. The second-order valence-corrected chi connectivity index (χ2v) is 4.78. The predicted octanol–water partition coefficient (Wildman–Crippen LogP) is 0.274. The van der Waals surface area contributed by atoms with Crippen molar-refractivity contribution >= 4 is 12.2 Å². The van der Waals surface area contributed by atoms with Gasteiger partial charge in [-0.2, -0.15) is 4.98 Å². The molecule has 1 aromatic rings. The summed E-state index contributed by atoms with van der Waals surface area (Å²) in [7, 11) is 3.45. The number of nitrogens with zero attached hydrogens (tertiary/aromatic N) is 4. The lowest BCUT2D eigenvalue weighted by molar-refractivity contribution is -0.0249. The summed E-state index contributed by atoms with van der Waals surface area (Å²) in [5, 5.41) is 8.99. The van der Waals surface area contributed by atoms with Crippen molar-refractivity contribution in [2.75, 3.05) is 20.7 Å². The van der Waals surface area contributed by atoms with Crippen LogP contribution in [0.4, 0.5) is 10.2 Å². The Kier molecular flexibility index (Phi) is 4.46. The zero-order chi connectivity index (χ0) is 14.7. The number of ether oxygens (including phenoxy) is 1. The van der Waals surface area contributed by atoms with Gasteiger partial charge in [-0.05, 0) is 12.8 Å². The molecule has 1 aliphatic rings. The van der Waals surface area contributed by atoms with E-state index in [0.29, 0.717) is 12.8 Å². The van der Waals surface area contributed by atoms with Crippen LogP contribution in [0, 0.1) is 5.82 Å². The molecule has 8 heteroatoms. The van der Waals surface area contributed by atoms with E-state index in [9.17, 15) is 9.18 Å². The van der Waals surface area contributed by atoms with Crippen LogP contribution in [0.3, 0.4) is 0 Å². The highest BCUT2D eigenvalue weighted by molar-refractivity contribution is 5.58. The van der Waals surface area contributed by atoms with E-state index in [-0.39, 0.29) is 18.5 Å². The first-order valence-corrected chi connectivity index (χ1v) is 6.27. The van der Waals surface area contributed by atoms with Gasteiger partial charge in [0.2, 0.25) is 0 Å². The van der Waals surface area contributed by atoms with E-state index in [0.717, 1.165) is 10.8 Å². The van der Waals surface area contributed by atoms with Crippen LogP contribution in [0.5, 0.6) is 0 Å². The summed E-state index contributed by atoms with van der Waals surface area (Å²) in [4.78, 5) is 20.9. The number of hydrogen-bond donors (Lipinski definition) is 1. The highest BCUT2D eigenvalue weighted by Gasteiger charge is 2.27. The summed E-state index contributed by atoms with van der Waals surface area (Å²) in [5.41, 5.74) is -0.624. The Morgan fingerprint density at radius 3 is 3.00 bits per heavy atom. The first kappa shape index (κ1) is 14.6. The molecule has 0 radical (unpaired) electrons. The molecule has 0 spiro atoms. The second kappa shape index (κ2) is 6.10. The lowest BCUT2D eigenvalue weighted by Crippen LogP contribution is -2.28. The molecule has 7 nitrogen and oxygen atoms in total. The fraction of sp³-hybridized carbons (Fsp3) is 0.583. The molecule has 1 fully saturated rings. The van der Waals surface area contributed by atoms with Crippen LogP contribution >= 0.6 is 0 Å². The van der Waals surface area contributed by atoms with Gasteiger partial charge in [0.25, 0.3) is 0 Å². The van der Waals surface area contributed by atoms with Crippen molar-refractivity contribution < 1.29 is 14.2 Å². The minimum Gasteiger partial charge on any atom is -0.394 e. The molecule has 1 aliphatic heterocycles. The molecule has 0 saturated carbocycles. The molecule has 2 rings (SSSR count). The van der Waals surface area contributed by atoms with Gasteiger partial charge >= 0.3 is 5.69 Å². The summed E-state index contributed by atoms with van der Waals surface area (Å²) in [6.07, 6.45) is 2.66. The van der Waals surface area contributed by atoms with Crippen LogP contribution in [0.2, 0.25) is 0 Å². The van der Waals surface area contributed by atoms with E-state index < -0.39 is 17.7 Å². The first-order valence-electron chi connectivity index (χ1n) is 6.27. The number of aliphatic hydroxyl groups is 1. The lowest BCUT2D eigenvalue weighted by Gasteiger charge is -2.14. The minimum absolute atomic E-state index is 0.119. The smallest absolute Gasteiger partial charge is 0.351 e. The maximum atomic E-state index is 13.9. The van der Waals surface area contributed by atoms with Crippen molar-refractivity contribution in [2.45, 2.75) is 25.2 Å². The van der Waals surface area contributed by atoms with Crippen molar-refractivity contribution in [3.8, 4) is 0 Å². The highest BCUT2D eigenvalue weighted by atomic mass is 19.1. The maximum Gasteiger partial charge on any atom is 0.351 e. The molecule has 2 atom stereocenters. The number of aliphatic hydroxyl groups excluding tert-OH is 1. The molecule has 20 heavy (non-hydrogen) atoms. The maximum absolute atomic E-state index is 13.9. The van der Waals surface area contributed by atoms with Crippen LogP contribution in [0.1, 0.15) is 19.1 Å². The molecule has 0 aromatic carbocycles. The number of rotatable bonds is 4. The molecule has 0 amide bonds. The zero-order valence-electron chi connectivity index (χ0n) is 11.4. The first-order chi connectivity index (χ1) is 9.51. The third-order valence-corrected chi connectivity index (χ3v) is 2.90. The fourth-order valence-electron chi connectivity index (χ4n) is 1.93. The van der Waals surface area contributed by atoms with Crippen molar-refractivity contribution in [1.82, 2.24) is 14.5 Å². The summed E-state index contributed by atoms with van der Waals surface area (Å²) in [6.45, 7) is -0.119. The molecule has 0 bridgehead atoms. The van der Waals surface area contributed by atoms with Gasteiger partial charge in [-0.15, -0.1) is 0 Å². The van der Waals surface area contributed by atoms with Crippen molar-refractivity contribution in [3.05, 3.63) is 22.5 Å². The van der Waals surface area contributed by atoms with E-state index in [4.69, 9.17) is 9.84 Å². The van der Waals surface area contributed by atoms with E-state index in [1.807, 2.05) is 0 Å². The average molecular weight is 284 g/mol. The third-order valence-electron chi connectivity index (χ3n) is 2.90. The van der Waals surface area contributed by atoms with Gasteiger partial charge in [-0.1, -0.05) is 0 Å². The number of halogens is 1. The van der Waals surface area contributed by atoms with E-state index in [2.05, 4.69) is 9.98 Å². The minimum atomic E-state index is -0.696. The standard InChI is InChI=1S/C12H17FN4O3/c1-16(2)7-14-11-9(13)5-17(12(19)15-11)10-4-3-8(6-18)20-10/h5,7-8,10,18H,3-4,6H2,1-2H3/t8-,10-/m1/s1. The number of hydrogen-bond acceptors (Lipinski definition) is 5. The van der Waals surface area contributed by atoms with Gasteiger partial charge in [-0.25, -0.2) is 14.2 Å².